The van der Waals surface area contributed by atoms with Crippen LogP contribution in [0.25, 0.3) is 0 Å². The molecule has 0 saturated heterocycles. The number of carbonyl (C=O) groups is 1. The van der Waals surface area contributed by atoms with Crippen LogP contribution in [-0.4, -0.2) is 25.2 Å². The maximum atomic E-state index is 11.9. The fourth-order valence-corrected chi connectivity index (χ4v) is 1.63. The fraction of sp³-hybridized carbons (Fsp3) is 0.462. The molecule has 0 aliphatic carbocycles. The summed E-state index contributed by atoms with van der Waals surface area (Å²) in [5, 5.41) is 4.67. The monoisotopic (exact) mass is 274 g/mol. The number of halogens is 3. The van der Waals surface area contributed by atoms with E-state index in [-0.39, 0.29) is 12.5 Å². The van der Waals surface area contributed by atoms with Gasteiger partial charge in [-0.3, -0.25) is 4.79 Å². The molecule has 0 heterocycles. The highest BCUT2D eigenvalue weighted by Gasteiger charge is 2.26. The molecule has 0 aliphatic rings. The van der Waals surface area contributed by atoms with Gasteiger partial charge >= 0.3 is 6.18 Å². The maximum Gasteiger partial charge on any atom is 0.401 e. The lowest BCUT2D eigenvalue weighted by atomic mass is 10.0. The Morgan fingerprint density at radius 2 is 1.89 bits per heavy atom. The predicted molar refractivity (Wildman–Crippen MR) is 68.1 cm³/mol. The molecule has 106 valence electrons. The second-order valence-corrected chi connectivity index (χ2v) is 4.51. The van der Waals surface area contributed by atoms with Gasteiger partial charge in [0.2, 0.25) is 5.91 Å². The molecule has 0 atom stereocenters. The lowest BCUT2D eigenvalue weighted by Gasteiger charge is -2.14. The molecule has 3 nitrogen and oxygen atoms in total. The Balaban J connectivity index is 2.53. The van der Waals surface area contributed by atoms with Crippen LogP contribution < -0.4 is 10.6 Å². The molecular formula is C13H17F3N2O. The number of hydrogen-bond donors (Lipinski definition) is 2. The molecule has 0 unspecified atom stereocenters. The number of para-hydroxylation sites is 1. The molecule has 0 aliphatic heterocycles. The van der Waals surface area contributed by atoms with Crippen molar-refractivity contribution in [3.8, 4) is 0 Å². The topological polar surface area (TPSA) is 41.1 Å². The zero-order chi connectivity index (χ0) is 14.5. The molecule has 0 bridgehead atoms. The standard InChI is InChI=1S/C13H17F3N2O/c1-9(2)10-5-3-4-6-11(10)18-12(19)7-17-8-13(14,15)16/h3-6,9,17H,7-8H2,1-2H3,(H,18,19). The Bertz CT molecular complexity index is 430. The van der Waals surface area contributed by atoms with E-state index < -0.39 is 18.6 Å². The predicted octanol–water partition coefficient (Wildman–Crippen LogP) is 2.90. The van der Waals surface area contributed by atoms with E-state index in [1.54, 1.807) is 12.1 Å². The van der Waals surface area contributed by atoms with Gasteiger partial charge in [0.25, 0.3) is 0 Å². The number of alkyl halides is 3. The molecule has 1 rings (SSSR count). The van der Waals surface area contributed by atoms with Gasteiger partial charge in [-0.1, -0.05) is 32.0 Å². The van der Waals surface area contributed by atoms with E-state index in [4.69, 9.17) is 0 Å². The zero-order valence-electron chi connectivity index (χ0n) is 10.8. The van der Waals surface area contributed by atoms with Gasteiger partial charge in [-0.2, -0.15) is 13.2 Å². The molecule has 0 aromatic heterocycles. The number of nitrogens with one attached hydrogen (secondary N) is 2. The minimum Gasteiger partial charge on any atom is -0.325 e. The van der Waals surface area contributed by atoms with E-state index in [9.17, 15) is 18.0 Å². The fourth-order valence-electron chi connectivity index (χ4n) is 1.63. The molecule has 6 heteroatoms. The highest BCUT2D eigenvalue weighted by molar-refractivity contribution is 5.93. The summed E-state index contributed by atoms with van der Waals surface area (Å²) in [5.74, 6) is -0.267. The number of benzene rings is 1. The Morgan fingerprint density at radius 3 is 2.47 bits per heavy atom. The van der Waals surface area contributed by atoms with E-state index in [0.717, 1.165) is 5.56 Å². The maximum absolute atomic E-state index is 11.9. The third-order valence-corrected chi connectivity index (χ3v) is 2.47. The molecule has 1 aromatic rings. The largest absolute Gasteiger partial charge is 0.401 e. The third kappa shape index (κ3) is 5.74. The minimum atomic E-state index is -4.31. The molecule has 0 fully saturated rings. The lowest BCUT2D eigenvalue weighted by Crippen LogP contribution is -2.35. The van der Waals surface area contributed by atoms with Crippen LogP contribution in [0.5, 0.6) is 0 Å². The molecule has 0 radical (unpaired) electrons. The van der Waals surface area contributed by atoms with Gasteiger partial charge in [-0.15, -0.1) is 0 Å². The quantitative estimate of drug-likeness (QED) is 0.866. The van der Waals surface area contributed by atoms with Crippen molar-refractivity contribution in [3.05, 3.63) is 29.8 Å². The van der Waals surface area contributed by atoms with E-state index in [0.29, 0.717) is 5.69 Å². The summed E-state index contributed by atoms with van der Waals surface area (Å²) in [6.07, 6.45) is -4.31. The van der Waals surface area contributed by atoms with Gasteiger partial charge in [-0.25, -0.2) is 0 Å². The lowest BCUT2D eigenvalue weighted by molar-refractivity contribution is -0.126. The van der Waals surface area contributed by atoms with Gasteiger partial charge in [0, 0.05) is 5.69 Å². The van der Waals surface area contributed by atoms with Crippen molar-refractivity contribution < 1.29 is 18.0 Å². The van der Waals surface area contributed by atoms with Gasteiger partial charge < -0.3 is 10.6 Å². The Kier molecular flexibility index (Phi) is 5.35. The molecule has 1 aromatic carbocycles. The average Bonchev–Trinajstić information content (AvgIpc) is 2.27. The van der Waals surface area contributed by atoms with Crippen molar-refractivity contribution in [1.29, 1.82) is 0 Å². The smallest absolute Gasteiger partial charge is 0.325 e. The molecule has 1 amide bonds. The van der Waals surface area contributed by atoms with Crippen LogP contribution in [0, 0.1) is 0 Å². The second kappa shape index (κ2) is 6.56. The summed E-state index contributed by atoms with van der Waals surface area (Å²) in [5.41, 5.74) is 1.59. The Hall–Kier alpha value is -1.56. The summed E-state index contributed by atoms with van der Waals surface area (Å²) in [6.45, 7) is 2.41. The molecular weight excluding hydrogens is 257 g/mol. The van der Waals surface area contributed by atoms with Crippen molar-refractivity contribution >= 4 is 11.6 Å². The van der Waals surface area contributed by atoms with Gasteiger partial charge in [0.05, 0.1) is 13.1 Å². The van der Waals surface area contributed by atoms with E-state index in [1.165, 1.54) is 0 Å². The van der Waals surface area contributed by atoms with Gasteiger partial charge in [0.1, 0.15) is 0 Å². The van der Waals surface area contributed by atoms with Crippen molar-refractivity contribution in [2.45, 2.75) is 25.9 Å². The van der Waals surface area contributed by atoms with Crippen molar-refractivity contribution in [2.24, 2.45) is 0 Å². The van der Waals surface area contributed by atoms with Gasteiger partial charge in [0.15, 0.2) is 0 Å². The SMILES string of the molecule is CC(C)c1ccccc1NC(=O)CNCC(F)(F)F. The van der Waals surface area contributed by atoms with E-state index in [1.807, 2.05) is 26.0 Å². The highest BCUT2D eigenvalue weighted by Crippen LogP contribution is 2.23. The van der Waals surface area contributed by atoms with Crippen LogP contribution in [0.1, 0.15) is 25.3 Å². The highest BCUT2D eigenvalue weighted by atomic mass is 19.4. The average molecular weight is 274 g/mol. The van der Waals surface area contributed by atoms with Crippen LogP contribution in [0.3, 0.4) is 0 Å². The van der Waals surface area contributed by atoms with E-state index >= 15 is 0 Å². The minimum absolute atomic E-state index is 0.222. The van der Waals surface area contributed by atoms with Crippen LogP contribution in [0.4, 0.5) is 18.9 Å². The first-order chi connectivity index (χ1) is 8.79. The summed E-state index contributed by atoms with van der Waals surface area (Å²) < 4.78 is 35.7. The summed E-state index contributed by atoms with van der Waals surface area (Å²) >= 11 is 0. The van der Waals surface area contributed by atoms with Crippen LogP contribution in [0.2, 0.25) is 0 Å². The van der Waals surface area contributed by atoms with Gasteiger partial charge in [-0.05, 0) is 17.5 Å². The number of rotatable bonds is 5. The van der Waals surface area contributed by atoms with Crippen molar-refractivity contribution in [1.82, 2.24) is 5.32 Å². The molecule has 19 heavy (non-hydrogen) atoms. The summed E-state index contributed by atoms with van der Waals surface area (Å²) in [6, 6.07) is 7.23. The normalized spacial score (nSPS) is 11.7. The Morgan fingerprint density at radius 1 is 1.26 bits per heavy atom. The number of anilines is 1. The van der Waals surface area contributed by atoms with Crippen LogP contribution in [0.15, 0.2) is 24.3 Å². The number of hydrogen-bond acceptors (Lipinski definition) is 2. The summed E-state index contributed by atoms with van der Waals surface area (Å²) in [4.78, 5) is 11.5. The molecule has 0 spiro atoms. The first kappa shape index (κ1) is 15.5. The number of carbonyl (C=O) groups excluding carboxylic acids is 1. The van der Waals surface area contributed by atoms with Crippen LogP contribution >= 0.6 is 0 Å². The van der Waals surface area contributed by atoms with Crippen molar-refractivity contribution in [3.63, 3.8) is 0 Å². The Labute approximate surface area is 110 Å². The first-order valence-corrected chi connectivity index (χ1v) is 5.96. The first-order valence-electron chi connectivity index (χ1n) is 5.96. The zero-order valence-corrected chi connectivity index (χ0v) is 10.8. The van der Waals surface area contributed by atoms with E-state index in [2.05, 4.69) is 10.6 Å². The molecule has 2 N–H and O–H groups in total. The second-order valence-electron chi connectivity index (χ2n) is 4.51. The van der Waals surface area contributed by atoms with Crippen molar-refractivity contribution in [2.75, 3.05) is 18.4 Å². The molecule has 0 saturated carbocycles. The number of amides is 1. The van der Waals surface area contributed by atoms with Crippen LogP contribution in [-0.2, 0) is 4.79 Å². The third-order valence-electron chi connectivity index (χ3n) is 2.47. The summed E-state index contributed by atoms with van der Waals surface area (Å²) in [7, 11) is 0.